The van der Waals surface area contributed by atoms with E-state index in [-0.39, 0.29) is 16.3 Å². The van der Waals surface area contributed by atoms with Gasteiger partial charge in [0.25, 0.3) is 0 Å². The van der Waals surface area contributed by atoms with Crippen LogP contribution in [-0.2, 0) is 4.79 Å². The molecule has 0 aliphatic heterocycles. The molecule has 1 N–H and O–H groups in total. The van der Waals surface area contributed by atoms with Gasteiger partial charge in [-0.15, -0.1) is 11.8 Å². The van der Waals surface area contributed by atoms with E-state index in [4.69, 9.17) is 16.3 Å². The van der Waals surface area contributed by atoms with E-state index in [1.54, 1.807) is 25.4 Å². The van der Waals surface area contributed by atoms with Gasteiger partial charge in [-0.05, 0) is 31.2 Å². The highest BCUT2D eigenvalue weighted by molar-refractivity contribution is 8.00. The third-order valence-corrected chi connectivity index (χ3v) is 4.22. The molecular weight excluding hydrogens is 308 g/mol. The minimum absolute atomic E-state index is 0.138. The molecule has 1 aromatic carbocycles. The molecule has 0 saturated carbocycles. The van der Waals surface area contributed by atoms with Crippen molar-refractivity contribution in [2.75, 3.05) is 12.4 Å². The zero-order chi connectivity index (χ0) is 15.2. The fourth-order valence-electron chi connectivity index (χ4n) is 1.67. The Kier molecular flexibility index (Phi) is 5.47. The minimum Gasteiger partial charge on any atom is -0.496 e. The van der Waals surface area contributed by atoms with Gasteiger partial charge in [0.2, 0.25) is 5.91 Å². The lowest BCUT2D eigenvalue weighted by Crippen LogP contribution is -2.22. The van der Waals surface area contributed by atoms with Crippen molar-refractivity contribution in [1.29, 1.82) is 0 Å². The van der Waals surface area contributed by atoms with Crippen LogP contribution in [0.1, 0.15) is 6.92 Å². The van der Waals surface area contributed by atoms with E-state index in [2.05, 4.69) is 10.3 Å². The number of thioether (sulfide) groups is 1. The summed E-state index contributed by atoms with van der Waals surface area (Å²) in [6, 6.07) is 11.0. The first-order valence-corrected chi connectivity index (χ1v) is 7.58. The van der Waals surface area contributed by atoms with Crippen LogP contribution in [-0.4, -0.2) is 23.3 Å². The van der Waals surface area contributed by atoms with Crippen molar-refractivity contribution in [2.45, 2.75) is 17.1 Å². The SMILES string of the molecule is COc1ccccc1SC(C)C(=O)Nc1cccnc1Cl. The highest BCUT2D eigenvalue weighted by atomic mass is 35.5. The molecule has 0 aliphatic carbocycles. The van der Waals surface area contributed by atoms with E-state index in [9.17, 15) is 4.79 Å². The number of nitrogens with one attached hydrogen (secondary N) is 1. The Hall–Kier alpha value is -1.72. The lowest BCUT2D eigenvalue weighted by molar-refractivity contribution is -0.115. The summed E-state index contributed by atoms with van der Waals surface area (Å²) in [5.41, 5.74) is 0.511. The largest absolute Gasteiger partial charge is 0.496 e. The van der Waals surface area contributed by atoms with Gasteiger partial charge >= 0.3 is 0 Å². The molecular formula is C15H15ClN2O2S. The lowest BCUT2D eigenvalue weighted by Gasteiger charge is -2.14. The number of para-hydroxylation sites is 1. The molecule has 1 aromatic heterocycles. The second-order valence-corrected chi connectivity index (χ2v) is 5.98. The summed E-state index contributed by atoms with van der Waals surface area (Å²) in [4.78, 5) is 17.1. The highest BCUT2D eigenvalue weighted by Crippen LogP contribution is 2.32. The van der Waals surface area contributed by atoms with E-state index in [0.29, 0.717) is 5.69 Å². The first kappa shape index (κ1) is 15.7. The van der Waals surface area contributed by atoms with Gasteiger partial charge in [0.15, 0.2) is 5.15 Å². The maximum absolute atomic E-state index is 12.2. The molecule has 0 radical (unpaired) electrons. The van der Waals surface area contributed by atoms with Crippen molar-refractivity contribution >= 4 is 35.0 Å². The Balaban J connectivity index is 2.05. The van der Waals surface area contributed by atoms with Crippen molar-refractivity contribution in [3.8, 4) is 5.75 Å². The number of pyridine rings is 1. The first-order chi connectivity index (χ1) is 10.1. The molecule has 4 nitrogen and oxygen atoms in total. The van der Waals surface area contributed by atoms with Crippen LogP contribution in [0, 0.1) is 0 Å². The highest BCUT2D eigenvalue weighted by Gasteiger charge is 2.17. The summed E-state index contributed by atoms with van der Waals surface area (Å²) in [6.07, 6.45) is 1.57. The molecule has 2 rings (SSSR count). The van der Waals surface area contributed by atoms with E-state index in [0.717, 1.165) is 10.6 Å². The Labute approximate surface area is 132 Å². The van der Waals surface area contributed by atoms with Crippen LogP contribution in [0.3, 0.4) is 0 Å². The van der Waals surface area contributed by atoms with Crippen LogP contribution < -0.4 is 10.1 Å². The summed E-state index contributed by atoms with van der Waals surface area (Å²) in [5, 5.41) is 2.76. The Morgan fingerprint density at radius 3 is 2.81 bits per heavy atom. The topological polar surface area (TPSA) is 51.2 Å². The Bertz CT molecular complexity index is 637. The zero-order valence-corrected chi connectivity index (χ0v) is 13.2. The van der Waals surface area contributed by atoms with Crippen LogP contribution in [0.5, 0.6) is 5.75 Å². The number of nitrogens with zero attached hydrogens (tertiary/aromatic N) is 1. The van der Waals surface area contributed by atoms with Gasteiger partial charge in [0.05, 0.1) is 22.9 Å². The number of aromatic nitrogens is 1. The van der Waals surface area contributed by atoms with Gasteiger partial charge in [0, 0.05) is 6.20 Å². The summed E-state index contributed by atoms with van der Waals surface area (Å²) >= 11 is 7.36. The van der Waals surface area contributed by atoms with Gasteiger partial charge < -0.3 is 10.1 Å². The maximum atomic E-state index is 12.2. The smallest absolute Gasteiger partial charge is 0.237 e. The lowest BCUT2D eigenvalue weighted by atomic mass is 10.3. The first-order valence-electron chi connectivity index (χ1n) is 6.33. The molecule has 0 saturated heterocycles. The number of ether oxygens (including phenoxy) is 1. The van der Waals surface area contributed by atoms with E-state index >= 15 is 0 Å². The maximum Gasteiger partial charge on any atom is 0.237 e. The predicted octanol–water partition coefficient (Wildman–Crippen LogP) is 3.86. The number of hydrogen-bond acceptors (Lipinski definition) is 4. The van der Waals surface area contributed by atoms with Crippen molar-refractivity contribution in [3.63, 3.8) is 0 Å². The summed E-state index contributed by atoms with van der Waals surface area (Å²) in [6.45, 7) is 1.83. The number of carbonyl (C=O) groups excluding carboxylic acids is 1. The van der Waals surface area contributed by atoms with E-state index in [1.165, 1.54) is 11.8 Å². The fraction of sp³-hybridized carbons (Fsp3) is 0.200. The molecule has 110 valence electrons. The standard InChI is InChI=1S/C15H15ClN2O2S/c1-10(21-13-8-4-3-7-12(13)20-2)15(19)18-11-6-5-9-17-14(11)16/h3-10H,1-2H3,(H,18,19). The zero-order valence-electron chi connectivity index (χ0n) is 11.7. The fourth-order valence-corrected chi connectivity index (χ4v) is 2.81. The Morgan fingerprint density at radius 2 is 2.10 bits per heavy atom. The number of rotatable bonds is 5. The molecule has 0 fully saturated rings. The van der Waals surface area contributed by atoms with Crippen molar-refractivity contribution in [2.24, 2.45) is 0 Å². The molecule has 0 bridgehead atoms. The predicted molar refractivity (Wildman–Crippen MR) is 86.2 cm³/mol. The van der Waals surface area contributed by atoms with Crippen molar-refractivity contribution in [3.05, 3.63) is 47.7 Å². The molecule has 0 aliphatic rings. The number of anilines is 1. The van der Waals surface area contributed by atoms with E-state index < -0.39 is 0 Å². The third kappa shape index (κ3) is 4.12. The van der Waals surface area contributed by atoms with Crippen LogP contribution in [0.25, 0.3) is 0 Å². The minimum atomic E-state index is -0.294. The molecule has 0 spiro atoms. The molecule has 1 heterocycles. The number of amides is 1. The number of methoxy groups -OCH3 is 1. The van der Waals surface area contributed by atoms with Crippen molar-refractivity contribution in [1.82, 2.24) is 4.98 Å². The normalized spacial score (nSPS) is 11.8. The van der Waals surface area contributed by atoms with Crippen LogP contribution in [0.2, 0.25) is 5.15 Å². The number of benzene rings is 1. The average molecular weight is 323 g/mol. The number of halogens is 1. The van der Waals surface area contributed by atoms with Crippen LogP contribution in [0.4, 0.5) is 5.69 Å². The van der Waals surface area contributed by atoms with Crippen LogP contribution in [0.15, 0.2) is 47.5 Å². The second kappa shape index (κ2) is 7.33. The number of hydrogen-bond donors (Lipinski definition) is 1. The average Bonchev–Trinajstić information content (AvgIpc) is 2.50. The van der Waals surface area contributed by atoms with Gasteiger partial charge in [-0.3, -0.25) is 4.79 Å². The third-order valence-electron chi connectivity index (χ3n) is 2.76. The van der Waals surface area contributed by atoms with E-state index in [1.807, 2.05) is 31.2 Å². The monoisotopic (exact) mass is 322 g/mol. The Morgan fingerprint density at radius 1 is 1.33 bits per heavy atom. The van der Waals surface area contributed by atoms with Gasteiger partial charge in [-0.2, -0.15) is 0 Å². The second-order valence-electron chi connectivity index (χ2n) is 4.24. The van der Waals surface area contributed by atoms with Crippen LogP contribution >= 0.6 is 23.4 Å². The quantitative estimate of drug-likeness (QED) is 0.671. The van der Waals surface area contributed by atoms with Gasteiger partial charge in [-0.1, -0.05) is 23.7 Å². The molecule has 6 heteroatoms. The molecule has 2 aromatic rings. The number of carbonyl (C=O) groups is 1. The summed E-state index contributed by atoms with van der Waals surface area (Å²) in [5.74, 6) is 0.613. The molecule has 1 unspecified atom stereocenters. The summed E-state index contributed by atoms with van der Waals surface area (Å²) < 4.78 is 5.28. The molecule has 21 heavy (non-hydrogen) atoms. The van der Waals surface area contributed by atoms with Crippen molar-refractivity contribution < 1.29 is 9.53 Å². The molecule has 1 atom stereocenters. The summed E-state index contributed by atoms with van der Waals surface area (Å²) in [7, 11) is 1.61. The van der Waals surface area contributed by atoms with Gasteiger partial charge in [-0.25, -0.2) is 4.98 Å². The molecule has 1 amide bonds. The van der Waals surface area contributed by atoms with Gasteiger partial charge in [0.1, 0.15) is 5.75 Å².